The Balaban J connectivity index is 2.68. The van der Waals surface area contributed by atoms with Crippen LogP contribution in [0, 0.1) is 0 Å². The van der Waals surface area contributed by atoms with Gasteiger partial charge in [-0.05, 0) is 6.07 Å². The minimum absolute atomic E-state index is 0.143. The molecule has 0 bridgehead atoms. The molecule has 0 spiro atoms. The van der Waals surface area contributed by atoms with Gasteiger partial charge in [0, 0.05) is 6.07 Å². The zero-order valence-electron chi connectivity index (χ0n) is 5.11. The van der Waals surface area contributed by atoms with Crippen LogP contribution in [0.3, 0.4) is 0 Å². The summed E-state index contributed by atoms with van der Waals surface area (Å²) in [7, 11) is -0.453. The van der Waals surface area contributed by atoms with Crippen molar-refractivity contribution in [1.82, 2.24) is 0 Å². The van der Waals surface area contributed by atoms with Crippen LogP contribution in [0.2, 0.25) is 0 Å². The highest BCUT2D eigenvalue weighted by molar-refractivity contribution is 6.17. The van der Waals surface area contributed by atoms with Crippen LogP contribution in [0.1, 0.15) is 10.6 Å². The number of rotatable bonds is 3. The van der Waals surface area contributed by atoms with E-state index in [1.165, 1.54) is 12.1 Å². The number of carbonyl (C=O) groups excluding carboxylic acids is 1. The molecule has 0 amide bonds. The van der Waals surface area contributed by atoms with Crippen molar-refractivity contribution in [3.63, 3.8) is 0 Å². The Hall–Kier alpha value is -1.23. The highest BCUT2D eigenvalue weighted by Crippen LogP contribution is 2.12. The monoisotopic (exact) mass is 140 g/mol. The number of hydrogen-bond donors (Lipinski definition) is 1. The Bertz CT molecular complexity index is 219. The molecule has 0 aliphatic rings. The average molecular weight is 140 g/mol. The number of furan rings is 1. The van der Waals surface area contributed by atoms with Gasteiger partial charge in [-0.15, -0.1) is 0 Å². The van der Waals surface area contributed by atoms with E-state index in [-0.39, 0.29) is 11.7 Å². The molecule has 0 aromatic carbocycles. The minimum atomic E-state index is -0.453. The fourth-order valence-corrected chi connectivity index (χ4v) is 0.539. The van der Waals surface area contributed by atoms with Crippen molar-refractivity contribution in [3.8, 4) is 5.95 Å². The fourth-order valence-electron chi connectivity index (χ4n) is 0.539. The summed E-state index contributed by atoms with van der Waals surface area (Å²) in [6.07, 6.45) is 0.560. The smallest absolute Gasteiger partial charge is 0.506 e. The molecule has 1 aromatic heterocycles. The maximum absolute atomic E-state index is 10.0. The van der Waals surface area contributed by atoms with Crippen LogP contribution in [0.25, 0.3) is 0 Å². The summed E-state index contributed by atoms with van der Waals surface area (Å²) < 4.78 is 9.24. The van der Waals surface area contributed by atoms with Crippen molar-refractivity contribution < 1.29 is 18.9 Å². The second kappa shape index (κ2) is 3.07. The van der Waals surface area contributed by atoms with Gasteiger partial charge in [0.15, 0.2) is 12.0 Å². The molecule has 1 N–H and O–H groups in total. The zero-order valence-corrected chi connectivity index (χ0v) is 5.11. The van der Waals surface area contributed by atoms with Gasteiger partial charge in [-0.2, -0.15) is 0 Å². The summed E-state index contributed by atoms with van der Waals surface area (Å²) in [6, 6.07) is 2.91. The Morgan fingerprint density at radius 3 is 3.00 bits per heavy atom. The second-order valence-electron chi connectivity index (χ2n) is 1.55. The van der Waals surface area contributed by atoms with Gasteiger partial charge in [-0.25, -0.2) is 0 Å². The summed E-state index contributed by atoms with van der Waals surface area (Å²) in [4.78, 5) is 10.0. The van der Waals surface area contributed by atoms with Crippen LogP contribution in [0.5, 0.6) is 5.95 Å². The predicted octanol–water partition coefficient (Wildman–Crippen LogP) is -0.270. The molecule has 10 heavy (non-hydrogen) atoms. The summed E-state index contributed by atoms with van der Waals surface area (Å²) in [5, 5.41) is 8.23. The van der Waals surface area contributed by atoms with Crippen LogP contribution in [-0.2, 0) is 0 Å². The molecule has 5 heteroatoms. The maximum Gasteiger partial charge on any atom is 0.506 e. The molecule has 0 radical (unpaired) electrons. The van der Waals surface area contributed by atoms with Crippen LogP contribution < -0.4 is 4.65 Å². The molecule has 1 aromatic rings. The van der Waals surface area contributed by atoms with E-state index < -0.39 is 7.69 Å². The summed E-state index contributed by atoms with van der Waals surface area (Å²) in [6.45, 7) is 0. The van der Waals surface area contributed by atoms with E-state index in [1.807, 2.05) is 0 Å². The van der Waals surface area contributed by atoms with Gasteiger partial charge in [0.25, 0.3) is 5.95 Å². The molecular weight excluding hydrogens is 135 g/mol. The molecule has 0 atom stereocenters. The normalized spacial score (nSPS) is 8.90. The van der Waals surface area contributed by atoms with Crippen molar-refractivity contribution in [2.75, 3.05) is 0 Å². The molecule has 0 fully saturated rings. The SMILES string of the molecule is O=Cc1ccc(OBO)o1. The van der Waals surface area contributed by atoms with E-state index >= 15 is 0 Å². The number of aldehydes is 1. The molecule has 0 saturated heterocycles. The van der Waals surface area contributed by atoms with Gasteiger partial charge >= 0.3 is 7.69 Å². The Labute approximate surface area is 57.7 Å². The van der Waals surface area contributed by atoms with Gasteiger partial charge in [0.1, 0.15) is 0 Å². The van der Waals surface area contributed by atoms with E-state index in [0.717, 1.165) is 0 Å². The van der Waals surface area contributed by atoms with Gasteiger partial charge in [0.2, 0.25) is 0 Å². The molecule has 0 unspecified atom stereocenters. The lowest BCUT2D eigenvalue weighted by Gasteiger charge is -1.91. The molecule has 1 rings (SSSR count). The Kier molecular flexibility index (Phi) is 2.12. The average Bonchev–Trinajstić information content (AvgIpc) is 2.37. The van der Waals surface area contributed by atoms with Crippen molar-refractivity contribution in [2.24, 2.45) is 0 Å². The number of carbonyl (C=O) groups is 1. The van der Waals surface area contributed by atoms with Crippen LogP contribution >= 0.6 is 0 Å². The summed E-state index contributed by atoms with van der Waals surface area (Å²) >= 11 is 0. The zero-order chi connectivity index (χ0) is 7.40. The lowest BCUT2D eigenvalue weighted by atomic mass is 10.4. The molecule has 1 heterocycles. The number of hydrogen-bond acceptors (Lipinski definition) is 4. The first-order chi connectivity index (χ1) is 4.86. The van der Waals surface area contributed by atoms with Crippen molar-refractivity contribution in [3.05, 3.63) is 17.9 Å². The summed E-state index contributed by atoms with van der Waals surface area (Å²) in [5.74, 6) is 0.327. The molecule has 0 aliphatic carbocycles. The largest absolute Gasteiger partial charge is 0.512 e. The first-order valence-corrected chi connectivity index (χ1v) is 2.65. The van der Waals surface area contributed by atoms with Crippen LogP contribution in [-0.4, -0.2) is 19.0 Å². The van der Waals surface area contributed by atoms with Crippen molar-refractivity contribution >= 4 is 14.0 Å². The van der Waals surface area contributed by atoms with Crippen LogP contribution in [0.4, 0.5) is 0 Å². The van der Waals surface area contributed by atoms with Gasteiger partial charge in [-0.1, -0.05) is 0 Å². The fraction of sp³-hybridized carbons (Fsp3) is 0. The van der Waals surface area contributed by atoms with E-state index in [1.54, 1.807) is 0 Å². The van der Waals surface area contributed by atoms with Crippen molar-refractivity contribution in [1.29, 1.82) is 0 Å². The summed E-state index contributed by atoms with van der Waals surface area (Å²) in [5.41, 5.74) is 0. The Morgan fingerprint density at radius 2 is 2.50 bits per heavy atom. The van der Waals surface area contributed by atoms with Gasteiger partial charge in [-0.3, -0.25) is 4.79 Å². The standard InChI is InChI=1S/C5H5BO4/c7-3-4-1-2-5(9-4)10-6-8/h1-3,6,8H. The lowest BCUT2D eigenvalue weighted by molar-refractivity contribution is 0.109. The molecule has 4 nitrogen and oxygen atoms in total. The van der Waals surface area contributed by atoms with E-state index in [0.29, 0.717) is 6.29 Å². The van der Waals surface area contributed by atoms with Gasteiger partial charge in [0.05, 0.1) is 0 Å². The molecular formula is C5H5BO4. The highest BCUT2D eigenvalue weighted by Gasteiger charge is 1.99. The second-order valence-corrected chi connectivity index (χ2v) is 1.55. The first kappa shape index (κ1) is 6.89. The third kappa shape index (κ3) is 1.38. The van der Waals surface area contributed by atoms with Gasteiger partial charge < -0.3 is 14.1 Å². The van der Waals surface area contributed by atoms with Crippen molar-refractivity contribution in [2.45, 2.75) is 0 Å². The van der Waals surface area contributed by atoms with E-state index in [4.69, 9.17) is 9.44 Å². The third-order valence-electron chi connectivity index (χ3n) is 0.925. The van der Waals surface area contributed by atoms with E-state index in [2.05, 4.69) is 4.65 Å². The molecule has 52 valence electrons. The maximum atomic E-state index is 10.0. The molecule has 0 saturated carbocycles. The first-order valence-electron chi connectivity index (χ1n) is 2.65. The van der Waals surface area contributed by atoms with E-state index in [9.17, 15) is 4.79 Å². The van der Waals surface area contributed by atoms with Crippen LogP contribution in [0.15, 0.2) is 16.5 Å². The predicted molar refractivity (Wildman–Crippen MR) is 34.1 cm³/mol. The molecule has 0 aliphatic heterocycles. The Morgan fingerprint density at radius 1 is 1.70 bits per heavy atom. The quantitative estimate of drug-likeness (QED) is 0.463. The lowest BCUT2D eigenvalue weighted by Crippen LogP contribution is -1.97. The minimum Gasteiger partial charge on any atom is -0.512 e. The highest BCUT2D eigenvalue weighted by atomic mass is 16.6. The topological polar surface area (TPSA) is 59.7 Å². The third-order valence-corrected chi connectivity index (χ3v) is 0.925.